The van der Waals surface area contributed by atoms with Crippen molar-refractivity contribution in [2.24, 2.45) is 0 Å². The predicted molar refractivity (Wildman–Crippen MR) is 68.5 cm³/mol. The van der Waals surface area contributed by atoms with E-state index in [1.54, 1.807) is 13.8 Å². The van der Waals surface area contributed by atoms with E-state index in [1.807, 2.05) is 26.0 Å². The molecule has 96 valence electrons. The van der Waals surface area contributed by atoms with Crippen molar-refractivity contribution in [3.8, 4) is 0 Å². The highest BCUT2D eigenvalue weighted by molar-refractivity contribution is 5.90. The number of fused-ring (bicyclic) bond motifs is 1. The molecule has 0 radical (unpaired) electrons. The number of ether oxygens (including phenoxy) is 1. The summed E-state index contributed by atoms with van der Waals surface area (Å²) >= 11 is 0. The van der Waals surface area contributed by atoms with Gasteiger partial charge in [0, 0.05) is 5.39 Å². The molecule has 0 saturated heterocycles. The van der Waals surface area contributed by atoms with Gasteiger partial charge in [0.2, 0.25) is 0 Å². The van der Waals surface area contributed by atoms with Crippen LogP contribution in [0.2, 0.25) is 0 Å². The highest BCUT2D eigenvalue weighted by Gasteiger charge is 2.36. The van der Waals surface area contributed by atoms with Crippen molar-refractivity contribution in [2.45, 2.75) is 33.1 Å². The average molecular weight is 247 g/mol. The lowest BCUT2D eigenvalue weighted by molar-refractivity contribution is -0.146. The smallest absolute Gasteiger partial charge is 0.317 e. The number of nitrogens with zero attached hydrogens (tertiary/aromatic N) is 1. The van der Waals surface area contributed by atoms with Crippen LogP contribution in [0.5, 0.6) is 0 Å². The first-order valence-corrected chi connectivity index (χ1v) is 5.83. The molecular formula is C14H17NO3. The summed E-state index contributed by atoms with van der Waals surface area (Å²) in [6.07, 6.45) is 0. The SMILES string of the molecule is COC(=O)C(C)(C)c1noc2cc(C)c(C)cc12. The Labute approximate surface area is 106 Å². The first-order valence-electron chi connectivity index (χ1n) is 5.83. The maximum atomic E-state index is 11.8. The number of rotatable bonds is 2. The minimum Gasteiger partial charge on any atom is -0.468 e. The number of aromatic nitrogens is 1. The number of benzene rings is 1. The molecule has 4 nitrogen and oxygen atoms in total. The quantitative estimate of drug-likeness (QED) is 0.766. The van der Waals surface area contributed by atoms with E-state index >= 15 is 0 Å². The lowest BCUT2D eigenvalue weighted by atomic mass is 9.87. The third-order valence-electron chi connectivity index (χ3n) is 3.37. The Morgan fingerprint density at radius 1 is 1.28 bits per heavy atom. The fourth-order valence-electron chi connectivity index (χ4n) is 2.00. The maximum Gasteiger partial charge on any atom is 0.317 e. The summed E-state index contributed by atoms with van der Waals surface area (Å²) in [6, 6.07) is 3.94. The van der Waals surface area contributed by atoms with Crippen LogP contribution in [0.1, 0.15) is 30.7 Å². The van der Waals surface area contributed by atoms with Crippen molar-refractivity contribution >= 4 is 16.9 Å². The molecule has 4 heteroatoms. The summed E-state index contributed by atoms with van der Waals surface area (Å²) in [5.41, 5.74) is 2.79. The zero-order chi connectivity index (χ0) is 13.5. The Morgan fingerprint density at radius 3 is 2.50 bits per heavy atom. The van der Waals surface area contributed by atoms with Crippen LogP contribution < -0.4 is 0 Å². The number of hydrogen-bond acceptors (Lipinski definition) is 4. The molecule has 0 bridgehead atoms. The molecule has 0 N–H and O–H groups in total. The zero-order valence-corrected chi connectivity index (χ0v) is 11.3. The minimum absolute atomic E-state index is 0.323. The van der Waals surface area contributed by atoms with Gasteiger partial charge in [-0.3, -0.25) is 4.79 Å². The number of hydrogen-bond donors (Lipinski definition) is 0. The topological polar surface area (TPSA) is 52.3 Å². The van der Waals surface area contributed by atoms with Gasteiger partial charge in [-0.15, -0.1) is 0 Å². The summed E-state index contributed by atoms with van der Waals surface area (Å²) in [6.45, 7) is 7.61. The second-order valence-corrected chi connectivity index (χ2v) is 5.08. The molecular weight excluding hydrogens is 230 g/mol. The van der Waals surface area contributed by atoms with Gasteiger partial charge in [0.15, 0.2) is 5.58 Å². The second kappa shape index (κ2) is 4.12. The van der Waals surface area contributed by atoms with E-state index in [4.69, 9.17) is 9.26 Å². The van der Waals surface area contributed by atoms with Gasteiger partial charge in [0.1, 0.15) is 11.1 Å². The lowest BCUT2D eigenvalue weighted by Crippen LogP contribution is -2.30. The molecule has 0 aliphatic carbocycles. The van der Waals surface area contributed by atoms with Crippen LogP contribution in [0.25, 0.3) is 11.0 Å². The summed E-state index contributed by atoms with van der Waals surface area (Å²) in [5.74, 6) is -0.323. The standard InChI is InChI=1S/C14H17NO3/c1-8-6-10-11(7-9(8)2)18-15-12(10)14(3,4)13(16)17-5/h6-7H,1-5H3. The van der Waals surface area contributed by atoms with E-state index < -0.39 is 5.41 Å². The van der Waals surface area contributed by atoms with Crippen LogP contribution in [-0.4, -0.2) is 18.2 Å². The summed E-state index contributed by atoms with van der Waals surface area (Å²) in [4.78, 5) is 11.8. The van der Waals surface area contributed by atoms with E-state index in [0.29, 0.717) is 11.3 Å². The van der Waals surface area contributed by atoms with Crippen molar-refractivity contribution in [1.29, 1.82) is 0 Å². The summed E-state index contributed by atoms with van der Waals surface area (Å²) in [5, 5.41) is 4.91. The predicted octanol–water partition coefficient (Wildman–Crippen LogP) is 2.90. The van der Waals surface area contributed by atoms with Crippen LogP contribution in [0.4, 0.5) is 0 Å². The zero-order valence-electron chi connectivity index (χ0n) is 11.3. The van der Waals surface area contributed by atoms with E-state index in [1.165, 1.54) is 7.11 Å². The Hall–Kier alpha value is -1.84. The van der Waals surface area contributed by atoms with Gasteiger partial charge in [0.25, 0.3) is 0 Å². The van der Waals surface area contributed by atoms with Gasteiger partial charge < -0.3 is 9.26 Å². The van der Waals surface area contributed by atoms with Crippen LogP contribution >= 0.6 is 0 Å². The molecule has 1 aromatic carbocycles. The molecule has 0 aliphatic rings. The molecule has 0 atom stereocenters. The lowest BCUT2D eigenvalue weighted by Gasteiger charge is -2.18. The Morgan fingerprint density at radius 2 is 1.89 bits per heavy atom. The van der Waals surface area contributed by atoms with Crippen LogP contribution in [0, 0.1) is 13.8 Å². The molecule has 0 amide bonds. The summed E-state index contributed by atoms with van der Waals surface area (Å²) < 4.78 is 10.1. The van der Waals surface area contributed by atoms with E-state index in [2.05, 4.69) is 5.16 Å². The molecule has 2 rings (SSSR count). The van der Waals surface area contributed by atoms with Crippen LogP contribution in [0.3, 0.4) is 0 Å². The van der Waals surface area contributed by atoms with E-state index in [0.717, 1.165) is 16.5 Å². The molecule has 0 spiro atoms. The number of carbonyl (C=O) groups excluding carboxylic acids is 1. The largest absolute Gasteiger partial charge is 0.468 e. The van der Waals surface area contributed by atoms with Crippen LogP contribution in [-0.2, 0) is 14.9 Å². The van der Waals surface area contributed by atoms with Crippen molar-refractivity contribution < 1.29 is 14.1 Å². The fourth-order valence-corrected chi connectivity index (χ4v) is 2.00. The second-order valence-electron chi connectivity index (χ2n) is 5.08. The van der Waals surface area contributed by atoms with Crippen molar-refractivity contribution in [2.75, 3.05) is 7.11 Å². The summed E-state index contributed by atoms with van der Waals surface area (Å²) in [7, 11) is 1.38. The van der Waals surface area contributed by atoms with E-state index in [9.17, 15) is 4.79 Å². The van der Waals surface area contributed by atoms with Crippen molar-refractivity contribution in [3.63, 3.8) is 0 Å². The van der Waals surface area contributed by atoms with Gasteiger partial charge in [-0.1, -0.05) is 5.16 Å². The van der Waals surface area contributed by atoms with Gasteiger partial charge in [-0.05, 0) is 51.0 Å². The molecule has 0 fully saturated rings. The highest BCUT2D eigenvalue weighted by Crippen LogP contribution is 2.32. The van der Waals surface area contributed by atoms with Crippen molar-refractivity contribution in [1.82, 2.24) is 5.16 Å². The molecule has 0 aliphatic heterocycles. The molecule has 2 aromatic rings. The number of methoxy groups -OCH3 is 1. The number of esters is 1. The monoisotopic (exact) mass is 247 g/mol. The Balaban J connectivity index is 2.66. The van der Waals surface area contributed by atoms with E-state index in [-0.39, 0.29) is 5.97 Å². The molecule has 18 heavy (non-hydrogen) atoms. The molecule has 1 aromatic heterocycles. The molecule has 1 heterocycles. The average Bonchev–Trinajstić information content (AvgIpc) is 2.72. The van der Waals surface area contributed by atoms with Gasteiger partial charge in [-0.2, -0.15) is 0 Å². The third kappa shape index (κ3) is 1.78. The highest BCUT2D eigenvalue weighted by atomic mass is 16.5. The molecule has 0 unspecified atom stereocenters. The van der Waals surface area contributed by atoms with Gasteiger partial charge in [0.05, 0.1) is 7.11 Å². The first-order chi connectivity index (χ1) is 8.37. The number of carbonyl (C=O) groups is 1. The van der Waals surface area contributed by atoms with Gasteiger partial charge >= 0.3 is 5.97 Å². The normalized spacial score (nSPS) is 11.8. The van der Waals surface area contributed by atoms with Gasteiger partial charge in [-0.25, -0.2) is 0 Å². The first kappa shape index (κ1) is 12.6. The maximum absolute atomic E-state index is 11.8. The van der Waals surface area contributed by atoms with Crippen LogP contribution in [0.15, 0.2) is 16.7 Å². The molecule has 0 saturated carbocycles. The van der Waals surface area contributed by atoms with Crippen molar-refractivity contribution in [3.05, 3.63) is 29.0 Å². The number of aryl methyl sites for hydroxylation is 2. The minimum atomic E-state index is -0.818. The fraction of sp³-hybridized carbons (Fsp3) is 0.429. The third-order valence-corrected chi connectivity index (χ3v) is 3.37. The Bertz CT molecular complexity index is 611. The Kier molecular flexibility index (Phi) is 2.89.